The predicted octanol–water partition coefficient (Wildman–Crippen LogP) is 2.55. The van der Waals surface area contributed by atoms with Crippen LogP contribution in [0.2, 0.25) is 0 Å². The van der Waals surface area contributed by atoms with Crippen LogP contribution in [0.3, 0.4) is 0 Å². The van der Waals surface area contributed by atoms with Crippen molar-refractivity contribution < 1.29 is 27.9 Å². The highest BCUT2D eigenvalue weighted by Crippen LogP contribution is 2.32. The third-order valence-electron chi connectivity index (χ3n) is 3.99. The van der Waals surface area contributed by atoms with Crippen molar-refractivity contribution in [2.75, 3.05) is 11.9 Å². The summed E-state index contributed by atoms with van der Waals surface area (Å²) in [5.41, 5.74) is -1.30. The fourth-order valence-electron chi connectivity index (χ4n) is 2.78. The SMILES string of the molecule is CC(=O)Nc1cc(C(=O)NC[C@H]2CCC[C@@H]2O)cc(C(F)(F)F)c1. The Labute approximate surface area is 137 Å². The maximum absolute atomic E-state index is 13.0. The Morgan fingerprint density at radius 3 is 2.50 bits per heavy atom. The van der Waals surface area contributed by atoms with Gasteiger partial charge in [-0.2, -0.15) is 13.2 Å². The number of rotatable bonds is 4. The number of amides is 2. The minimum atomic E-state index is -4.63. The van der Waals surface area contributed by atoms with E-state index in [-0.39, 0.29) is 23.7 Å². The van der Waals surface area contributed by atoms with Gasteiger partial charge in [0.25, 0.3) is 5.91 Å². The van der Waals surface area contributed by atoms with Crippen LogP contribution >= 0.6 is 0 Å². The zero-order valence-corrected chi connectivity index (χ0v) is 13.1. The zero-order chi connectivity index (χ0) is 17.9. The molecular formula is C16H19F3N2O3. The summed E-state index contributed by atoms with van der Waals surface area (Å²) in [6.45, 7) is 1.37. The topological polar surface area (TPSA) is 78.4 Å². The van der Waals surface area contributed by atoms with Gasteiger partial charge in [-0.3, -0.25) is 9.59 Å². The van der Waals surface area contributed by atoms with Gasteiger partial charge >= 0.3 is 6.18 Å². The van der Waals surface area contributed by atoms with Gasteiger partial charge in [-0.25, -0.2) is 0 Å². The van der Waals surface area contributed by atoms with Crippen LogP contribution in [0.1, 0.15) is 42.1 Å². The molecule has 5 nitrogen and oxygen atoms in total. The van der Waals surface area contributed by atoms with Gasteiger partial charge in [0.1, 0.15) is 0 Å². The molecule has 1 aromatic rings. The molecule has 0 aliphatic heterocycles. The molecule has 2 atom stereocenters. The minimum Gasteiger partial charge on any atom is -0.393 e. The second-order valence-electron chi connectivity index (χ2n) is 5.95. The summed E-state index contributed by atoms with van der Waals surface area (Å²) < 4.78 is 38.9. The highest BCUT2D eigenvalue weighted by atomic mass is 19.4. The first-order valence-corrected chi connectivity index (χ1v) is 7.63. The monoisotopic (exact) mass is 344 g/mol. The zero-order valence-electron chi connectivity index (χ0n) is 13.1. The van der Waals surface area contributed by atoms with Crippen molar-refractivity contribution in [1.82, 2.24) is 5.32 Å². The van der Waals surface area contributed by atoms with Gasteiger partial charge in [-0.15, -0.1) is 0 Å². The number of halogens is 3. The molecule has 0 radical (unpaired) electrons. The summed E-state index contributed by atoms with van der Waals surface area (Å²) in [5.74, 6) is -1.30. The quantitative estimate of drug-likeness (QED) is 0.785. The first-order chi connectivity index (χ1) is 11.2. The number of hydrogen-bond acceptors (Lipinski definition) is 3. The van der Waals surface area contributed by atoms with Crippen molar-refractivity contribution >= 4 is 17.5 Å². The molecule has 24 heavy (non-hydrogen) atoms. The number of alkyl halides is 3. The van der Waals surface area contributed by atoms with E-state index < -0.39 is 29.7 Å². The number of carbonyl (C=O) groups is 2. The van der Waals surface area contributed by atoms with Crippen LogP contribution in [0, 0.1) is 5.92 Å². The average molecular weight is 344 g/mol. The lowest BCUT2D eigenvalue weighted by atomic mass is 10.1. The number of aliphatic hydroxyl groups excluding tert-OH is 1. The Balaban J connectivity index is 2.17. The van der Waals surface area contributed by atoms with Crippen LogP contribution in [0.4, 0.5) is 18.9 Å². The van der Waals surface area contributed by atoms with Crippen molar-refractivity contribution in [3.05, 3.63) is 29.3 Å². The summed E-state index contributed by atoms with van der Waals surface area (Å²) in [7, 11) is 0. The molecule has 0 heterocycles. The highest BCUT2D eigenvalue weighted by Gasteiger charge is 2.32. The van der Waals surface area contributed by atoms with Crippen LogP contribution in [-0.2, 0) is 11.0 Å². The van der Waals surface area contributed by atoms with Crippen LogP contribution < -0.4 is 10.6 Å². The summed E-state index contributed by atoms with van der Waals surface area (Å²) in [4.78, 5) is 23.2. The largest absolute Gasteiger partial charge is 0.416 e. The molecule has 2 amide bonds. The van der Waals surface area contributed by atoms with E-state index in [1.807, 2.05) is 0 Å². The normalized spacial score (nSPS) is 20.7. The number of nitrogens with one attached hydrogen (secondary N) is 2. The van der Waals surface area contributed by atoms with Gasteiger partial charge in [0.05, 0.1) is 11.7 Å². The maximum atomic E-state index is 13.0. The van der Waals surface area contributed by atoms with Crippen molar-refractivity contribution in [1.29, 1.82) is 0 Å². The summed E-state index contributed by atoms with van der Waals surface area (Å²) in [6.07, 6.45) is -2.84. The van der Waals surface area contributed by atoms with E-state index in [1.54, 1.807) is 0 Å². The molecule has 1 aromatic carbocycles. The van der Waals surface area contributed by atoms with Crippen molar-refractivity contribution in [2.24, 2.45) is 5.92 Å². The van der Waals surface area contributed by atoms with Crippen LogP contribution in [0.25, 0.3) is 0 Å². The van der Waals surface area contributed by atoms with E-state index in [1.165, 1.54) is 13.0 Å². The second kappa shape index (κ2) is 7.21. The standard InChI is InChI=1S/C16H19F3N2O3/c1-9(22)21-13-6-11(5-12(7-13)16(17,18)19)15(24)20-8-10-3-2-4-14(10)23/h5-7,10,14,23H,2-4,8H2,1H3,(H,20,24)(H,21,22)/t10-,14+/m1/s1. The molecule has 1 aliphatic carbocycles. The summed E-state index contributed by atoms with van der Waals surface area (Å²) in [6, 6.07) is 2.71. The van der Waals surface area contributed by atoms with E-state index in [9.17, 15) is 27.9 Å². The second-order valence-corrected chi connectivity index (χ2v) is 5.95. The fourth-order valence-corrected chi connectivity index (χ4v) is 2.78. The predicted molar refractivity (Wildman–Crippen MR) is 81.4 cm³/mol. The Bertz CT molecular complexity index is 631. The molecule has 1 saturated carbocycles. The Hall–Kier alpha value is -2.09. The van der Waals surface area contributed by atoms with Gasteiger partial charge in [0.15, 0.2) is 0 Å². The van der Waals surface area contributed by atoms with Crippen LogP contribution in [0.5, 0.6) is 0 Å². The summed E-state index contributed by atoms with van der Waals surface area (Å²) in [5, 5.41) is 14.5. The summed E-state index contributed by atoms with van der Waals surface area (Å²) >= 11 is 0. The number of carbonyl (C=O) groups excluding carboxylic acids is 2. The van der Waals surface area contributed by atoms with Crippen LogP contribution in [0.15, 0.2) is 18.2 Å². The lowest BCUT2D eigenvalue weighted by Gasteiger charge is -2.16. The maximum Gasteiger partial charge on any atom is 0.416 e. The van der Waals surface area contributed by atoms with Crippen molar-refractivity contribution in [2.45, 2.75) is 38.5 Å². The van der Waals surface area contributed by atoms with Gasteiger partial charge in [-0.05, 0) is 31.0 Å². The molecule has 0 aromatic heterocycles. The van der Waals surface area contributed by atoms with E-state index in [0.29, 0.717) is 6.42 Å². The number of anilines is 1. The Kier molecular flexibility index (Phi) is 5.48. The van der Waals surface area contributed by atoms with Gasteiger partial charge in [0, 0.05) is 30.6 Å². The van der Waals surface area contributed by atoms with Gasteiger partial charge in [0.2, 0.25) is 5.91 Å². The molecule has 2 rings (SSSR count). The molecule has 8 heteroatoms. The van der Waals surface area contributed by atoms with E-state index in [4.69, 9.17) is 0 Å². The molecule has 0 saturated heterocycles. The first kappa shape index (κ1) is 18.3. The molecule has 0 bridgehead atoms. The number of benzene rings is 1. The Morgan fingerprint density at radius 2 is 1.96 bits per heavy atom. The first-order valence-electron chi connectivity index (χ1n) is 7.63. The third kappa shape index (κ3) is 4.70. The molecule has 1 fully saturated rings. The minimum absolute atomic E-state index is 0.0884. The number of hydrogen-bond donors (Lipinski definition) is 3. The highest BCUT2D eigenvalue weighted by molar-refractivity contribution is 5.97. The molecule has 1 aliphatic rings. The third-order valence-corrected chi connectivity index (χ3v) is 3.99. The fraction of sp³-hybridized carbons (Fsp3) is 0.500. The smallest absolute Gasteiger partial charge is 0.393 e. The van der Waals surface area contributed by atoms with Crippen LogP contribution in [-0.4, -0.2) is 29.6 Å². The molecule has 3 N–H and O–H groups in total. The van der Waals surface area contributed by atoms with E-state index >= 15 is 0 Å². The molecule has 132 valence electrons. The van der Waals surface area contributed by atoms with Crippen molar-refractivity contribution in [3.8, 4) is 0 Å². The van der Waals surface area contributed by atoms with Gasteiger partial charge < -0.3 is 15.7 Å². The lowest BCUT2D eigenvalue weighted by Crippen LogP contribution is -2.32. The molecule has 0 spiro atoms. The molecular weight excluding hydrogens is 325 g/mol. The van der Waals surface area contributed by atoms with E-state index in [2.05, 4.69) is 10.6 Å². The van der Waals surface area contributed by atoms with Gasteiger partial charge in [-0.1, -0.05) is 6.42 Å². The average Bonchev–Trinajstić information content (AvgIpc) is 2.88. The Morgan fingerprint density at radius 1 is 1.25 bits per heavy atom. The van der Waals surface area contributed by atoms with E-state index in [0.717, 1.165) is 25.0 Å². The number of aliphatic hydroxyl groups is 1. The lowest BCUT2D eigenvalue weighted by molar-refractivity contribution is -0.137. The van der Waals surface area contributed by atoms with Crippen molar-refractivity contribution in [3.63, 3.8) is 0 Å². The molecule has 0 unspecified atom stereocenters.